The normalized spacial score (nSPS) is 14.2. The summed E-state index contributed by atoms with van der Waals surface area (Å²) in [5.41, 5.74) is 0. The summed E-state index contributed by atoms with van der Waals surface area (Å²) in [5, 5.41) is 0.0994. The molecular formula is C10H24Cl4N2. The van der Waals surface area contributed by atoms with E-state index in [0.717, 1.165) is 19.6 Å². The van der Waals surface area contributed by atoms with Crippen molar-refractivity contribution in [3.8, 4) is 0 Å². The molecule has 0 bridgehead atoms. The largest absolute Gasteiger partial charge is 0.304 e. The van der Waals surface area contributed by atoms with Crippen molar-refractivity contribution in [1.29, 1.82) is 0 Å². The number of hydrogen-bond acceptors (Lipinski definition) is 2. The monoisotopic (exact) mass is 312 g/mol. The van der Waals surface area contributed by atoms with E-state index >= 15 is 0 Å². The summed E-state index contributed by atoms with van der Waals surface area (Å²) in [6, 6.07) is 0.249. The van der Waals surface area contributed by atoms with E-state index in [1.807, 2.05) is 14.1 Å². The molecule has 2 nitrogen and oxygen atoms in total. The van der Waals surface area contributed by atoms with Gasteiger partial charge in [-0.15, -0.1) is 48.0 Å². The average molecular weight is 314 g/mol. The van der Waals surface area contributed by atoms with Crippen molar-refractivity contribution in [2.75, 3.05) is 39.6 Å². The van der Waals surface area contributed by atoms with Crippen molar-refractivity contribution in [3.05, 3.63) is 0 Å². The molecule has 0 aliphatic carbocycles. The van der Waals surface area contributed by atoms with Crippen LogP contribution in [0.5, 0.6) is 0 Å². The molecule has 0 heterocycles. The first-order valence-corrected chi connectivity index (χ1v) is 6.12. The van der Waals surface area contributed by atoms with E-state index in [0.29, 0.717) is 5.88 Å². The van der Waals surface area contributed by atoms with Gasteiger partial charge in [0.15, 0.2) is 0 Å². The molecule has 0 rings (SSSR count). The summed E-state index contributed by atoms with van der Waals surface area (Å²) in [6.45, 7) is 7.30. The number of alkyl halides is 2. The first-order chi connectivity index (χ1) is 6.56. The molecule has 0 saturated heterocycles. The van der Waals surface area contributed by atoms with Gasteiger partial charge in [0.05, 0.1) is 5.38 Å². The average Bonchev–Trinajstić information content (AvgIpc) is 2.14. The molecule has 0 aliphatic rings. The quantitative estimate of drug-likeness (QED) is 0.667. The highest BCUT2D eigenvalue weighted by molar-refractivity contribution is 6.23. The molecular weight excluding hydrogens is 290 g/mol. The molecule has 2 unspecified atom stereocenters. The van der Waals surface area contributed by atoms with Gasteiger partial charge >= 0.3 is 0 Å². The van der Waals surface area contributed by atoms with E-state index in [4.69, 9.17) is 23.2 Å². The van der Waals surface area contributed by atoms with Crippen molar-refractivity contribution in [1.82, 2.24) is 9.80 Å². The third kappa shape index (κ3) is 8.21. The van der Waals surface area contributed by atoms with E-state index in [1.165, 1.54) is 0 Å². The second kappa shape index (κ2) is 12.5. The minimum atomic E-state index is 0. The van der Waals surface area contributed by atoms with Crippen molar-refractivity contribution < 1.29 is 0 Å². The van der Waals surface area contributed by atoms with Gasteiger partial charge in [-0.2, -0.15) is 0 Å². The minimum absolute atomic E-state index is 0. The van der Waals surface area contributed by atoms with Crippen LogP contribution >= 0.6 is 48.0 Å². The van der Waals surface area contributed by atoms with E-state index in [1.54, 1.807) is 0 Å². The first-order valence-electron chi connectivity index (χ1n) is 5.15. The van der Waals surface area contributed by atoms with E-state index in [2.05, 4.69) is 23.6 Å². The van der Waals surface area contributed by atoms with Gasteiger partial charge in [0, 0.05) is 18.5 Å². The lowest BCUT2D eigenvalue weighted by atomic mass is 10.2. The number of halogens is 4. The van der Waals surface area contributed by atoms with Gasteiger partial charge in [0.25, 0.3) is 0 Å². The van der Waals surface area contributed by atoms with E-state index < -0.39 is 0 Å². The van der Waals surface area contributed by atoms with Gasteiger partial charge in [-0.1, -0.05) is 13.8 Å². The highest BCUT2D eigenvalue weighted by Crippen LogP contribution is 2.11. The molecule has 0 saturated carbocycles. The molecule has 6 heteroatoms. The van der Waals surface area contributed by atoms with Gasteiger partial charge in [-0.25, -0.2) is 0 Å². The van der Waals surface area contributed by atoms with Gasteiger partial charge in [0.1, 0.15) is 0 Å². The van der Waals surface area contributed by atoms with Crippen LogP contribution in [0.15, 0.2) is 0 Å². The Morgan fingerprint density at radius 1 is 1.06 bits per heavy atom. The van der Waals surface area contributed by atoms with Crippen molar-refractivity contribution >= 4 is 48.0 Å². The molecule has 0 aromatic rings. The zero-order chi connectivity index (χ0) is 11.1. The van der Waals surface area contributed by atoms with Crippen LogP contribution in [-0.4, -0.2) is 60.8 Å². The third-order valence-corrected chi connectivity index (χ3v) is 3.31. The van der Waals surface area contributed by atoms with Crippen LogP contribution in [0, 0.1) is 0 Å². The maximum atomic E-state index is 6.33. The topological polar surface area (TPSA) is 6.48 Å². The van der Waals surface area contributed by atoms with E-state index in [9.17, 15) is 0 Å². The van der Waals surface area contributed by atoms with Gasteiger partial charge in [-0.05, 0) is 27.2 Å². The van der Waals surface area contributed by atoms with Crippen molar-refractivity contribution in [2.45, 2.75) is 25.3 Å². The van der Waals surface area contributed by atoms with Gasteiger partial charge in [-0.3, -0.25) is 0 Å². The second-order valence-electron chi connectivity index (χ2n) is 3.69. The van der Waals surface area contributed by atoms with Crippen LogP contribution in [0.3, 0.4) is 0 Å². The molecule has 0 spiro atoms. The first kappa shape index (κ1) is 22.3. The summed E-state index contributed by atoms with van der Waals surface area (Å²) < 4.78 is 0. The number of nitrogens with zero attached hydrogens (tertiary/aromatic N) is 2. The Morgan fingerprint density at radius 3 is 1.75 bits per heavy atom. The molecule has 0 amide bonds. The highest BCUT2D eigenvalue weighted by Gasteiger charge is 2.21. The summed E-state index contributed by atoms with van der Waals surface area (Å²) in [5.74, 6) is 0.586. The molecule has 0 radical (unpaired) electrons. The SMILES string of the molecule is CCN(CC)CC(Cl)C(CCl)N(C)C.Cl.Cl. The fourth-order valence-electron chi connectivity index (χ4n) is 1.41. The Bertz CT molecular complexity index is 143. The highest BCUT2D eigenvalue weighted by atomic mass is 35.5. The van der Waals surface area contributed by atoms with E-state index in [-0.39, 0.29) is 36.2 Å². The third-order valence-electron chi connectivity index (χ3n) is 2.57. The molecule has 0 aromatic heterocycles. The van der Waals surface area contributed by atoms with Crippen LogP contribution in [0.1, 0.15) is 13.8 Å². The summed E-state index contributed by atoms with van der Waals surface area (Å²) in [7, 11) is 4.04. The zero-order valence-electron chi connectivity index (χ0n) is 10.4. The lowest BCUT2D eigenvalue weighted by Crippen LogP contribution is -2.44. The number of rotatable bonds is 7. The van der Waals surface area contributed by atoms with Crippen molar-refractivity contribution in [2.24, 2.45) is 0 Å². The molecule has 2 atom stereocenters. The standard InChI is InChI=1S/C10H22Cl2N2.2ClH/c1-5-14(6-2)8-9(12)10(7-11)13(3)4;;/h9-10H,5-8H2,1-4H3;2*1H. The molecule has 0 aromatic carbocycles. The summed E-state index contributed by atoms with van der Waals surface area (Å²) in [6.07, 6.45) is 0. The van der Waals surface area contributed by atoms with Crippen molar-refractivity contribution in [3.63, 3.8) is 0 Å². The molecule has 16 heavy (non-hydrogen) atoms. The van der Waals surface area contributed by atoms with Crippen LogP contribution in [0.2, 0.25) is 0 Å². The fourth-order valence-corrected chi connectivity index (χ4v) is 2.50. The lowest BCUT2D eigenvalue weighted by molar-refractivity contribution is 0.243. The summed E-state index contributed by atoms with van der Waals surface area (Å²) in [4.78, 5) is 4.41. The molecule has 0 aliphatic heterocycles. The fraction of sp³-hybridized carbons (Fsp3) is 1.00. The molecule has 0 N–H and O–H groups in total. The Kier molecular flexibility index (Phi) is 17.5. The maximum Gasteiger partial charge on any atom is 0.0629 e. The van der Waals surface area contributed by atoms with Gasteiger partial charge < -0.3 is 9.80 Å². The Balaban J connectivity index is -0.000000845. The predicted octanol–water partition coefficient (Wildman–Crippen LogP) is 2.95. The van der Waals surface area contributed by atoms with Crippen LogP contribution in [0.4, 0.5) is 0 Å². The maximum absolute atomic E-state index is 6.33. The Hall–Kier alpha value is 1.08. The Labute approximate surface area is 122 Å². The molecule has 0 fully saturated rings. The summed E-state index contributed by atoms with van der Waals surface area (Å²) >= 11 is 12.2. The predicted molar refractivity (Wildman–Crippen MR) is 80.1 cm³/mol. The Morgan fingerprint density at radius 2 is 1.50 bits per heavy atom. The van der Waals surface area contributed by atoms with Gasteiger partial charge in [0.2, 0.25) is 0 Å². The zero-order valence-corrected chi connectivity index (χ0v) is 13.6. The second-order valence-corrected chi connectivity index (χ2v) is 4.56. The minimum Gasteiger partial charge on any atom is -0.304 e. The smallest absolute Gasteiger partial charge is 0.0629 e. The van der Waals surface area contributed by atoms with Crippen LogP contribution in [-0.2, 0) is 0 Å². The van der Waals surface area contributed by atoms with Crippen LogP contribution in [0.25, 0.3) is 0 Å². The molecule has 102 valence electrons. The number of hydrogen-bond donors (Lipinski definition) is 0. The van der Waals surface area contributed by atoms with Crippen LogP contribution < -0.4 is 0 Å². The lowest BCUT2D eigenvalue weighted by Gasteiger charge is -2.30.